The van der Waals surface area contributed by atoms with Crippen LogP contribution in [0.5, 0.6) is 0 Å². The number of rotatable bonds is 3. The number of hydrogen-bond acceptors (Lipinski definition) is 3. The summed E-state index contributed by atoms with van der Waals surface area (Å²) >= 11 is 0. The van der Waals surface area contributed by atoms with Gasteiger partial charge in [-0.2, -0.15) is 13.2 Å². The molecule has 1 aromatic carbocycles. The molecule has 132 valence electrons. The molecule has 0 spiro atoms. The van der Waals surface area contributed by atoms with Crippen LogP contribution in [0.3, 0.4) is 0 Å². The topological polar surface area (TPSA) is 62.8 Å². The molecule has 0 saturated carbocycles. The van der Waals surface area contributed by atoms with Crippen molar-refractivity contribution in [2.45, 2.75) is 32.4 Å². The average Bonchev–Trinajstić information content (AvgIpc) is 2.53. The molecule has 2 rings (SSSR count). The first-order valence-corrected chi connectivity index (χ1v) is 7.69. The van der Waals surface area contributed by atoms with Crippen LogP contribution in [0, 0.1) is 5.41 Å². The number of nitrogens with two attached hydrogens (primary N) is 1. The third-order valence-corrected chi connectivity index (χ3v) is 3.75. The lowest BCUT2D eigenvalue weighted by atomic mass is 9.86. The predicted octanol–water partition coefficient (Wildman–Crippen LogP) is 4.82. The van der Waals surface area contributed by atoms with Gasteiger partial charge in [0, 0.05) is 11.8 Å². The van der Waals surface area contributed by atoms with E-state index < -0.39 is 11.9 Å². The van der Waals surface area contributed by atoms with E-state index in [0.717, 1.165) is 11.1 Å². The fourth-order valence-corrected chi connectivity index (χ4v) is 2.20. The summed E-state index contributed by atoms with van der Waals surface area (Å²) in [6.45, 7) is 6.39. The van der Waals surface area contributed by atoms with Gasteiger partial charge in [-0.15, -0.1) is 0 Å². The summed E-state index contributed by atoms with van der Waals surface area (Å²) in [5, 5.41) is 7.69. The molecule has 3 nitrogen and oxygen atoms in total. The number of pyridine rings is 1. The lowest BCUT2D eigenvalue weighted by Gasteiger charge is -2.19. The number of nitrogens with one attached hydrogen (secondary N) is 1. The van der Waals surface area contributed by atoms with E-state index in [2.05, 4.69) is 25.8 Å². The van der Waals surface area contributed by atoms with Gasteiger partial charge in [-0.1, -0.05) is 51.1 Å². The van der Waals surface area contributed by atoms with Crippen LogP contribution in [-0.4, -0.2) is 16.9 Å². The molecule has 2 aromatic rings. The summed E-state index contributed by atoms with van der Waals surface area (Å²) in [6, 6.07) is 11.3. The third-order valence-electron chi connectivity index (χ3n) is 3.75. The van der Waals surface area contributed by atoms with Gasteiger partial charge < -0.3 is 5.73 Å². The predicted molar refractivity (Wildman–Crippen MR) is 93.5 cm³/mol. The van der Waals surface area contributed by atoms with Crippen molar-refractivity contribution in [3.05, 3.63) is 65.6 Å². The Morgan fingerprint density at radius 1 is 1.00 bits per heavy atom. The van der Waals surface area contributed by atoms with E-state index in [4.69, 9.17) is 11.1 Å². The Morgan fingerprint density at radius 3 is 2.00 bits per heavy atom. The van der Waals surface area contributed by atoms with Crippen molar-refractivity contribution in [1.29, 1.82) is 5.41 Å². The van der Waals surface area contributed by atoms with Gasteiger partial charge in [-0.3, -0.25) is 10.4 Å². The van der Waals surface area contributed by atoms with Crippen LogP contribution >= 0.6 is 0 Å². The maximum atomic E-state index is 12.4. The minimum atomic E-state index is -4.65. The van der Waals surface area contributed by atoms with Crippen LogP contribution in [0.4, 0.5) is 13.2 Å². The highest BCUT2D eigenvalue weighted by molar-refractivity contribution is 6.05. The summed E-state index contributed by atoms with van der Waals surface area (Å²) in [5.41, 5.74) is 6.38. The quantitative estimate of drug-likeness (QED) is 0.782. The highest BCUT2D eigenvalue weighted by Crippen LogP contribution is 2.26. The summed E-state index contributed by atoms with van der Waals surface area (Å²) < 4.78 is 37.3. The first-order chi connectivity index (χ1) is 11.5. The minimum Gasteiger partial charge on any atom is -0.395 e. The lowest BCUT2D eigenvalue weighted by Crippen LogP contribution is -2.20. The van der Waals surface area contributed by atoms with Crippen LogP contribution in [0.1, 0.15) is 32.0 Å². The molecule has 1 heterocycles. The normalized spacial score (nSPS) is 13.0. The van der Waals surface area contributed by atoms with Crippen molar-refractivity contribution in [3.63, 3.8) is 0 Å². The number of halogens is 3. The van der Waals surface area contributed by atoms with Crippen molar-refractivity contribution in [2.75, 3.05) is 0 Å². The van der Waals surface area contributed by atoms with Crippen molar-refractivity contribution >= 4 is 5.71 Å². The fourth-order valence-electron chi connectivity index (χ4n) is 2.20. The van der Waals surface area contributed by atoms with Crippen LogP contribution < -0.4 is 5.73 Å². The van der Waals surface area contributed by atoms with E-state index in [1.165, 1.54) is 17.8 Å². The van der Waals surface area contributed by atoms with E-state index in [1.807, 2.05) is 24.3 Å². The summed E-state index contributed by atoms with van der Waals surface area (Å²) in [4.78, 5) is 4.07. The molecule has 0 saturated heterocycles. The average molecular weight is 347 g/mol. The van der Waals surface area contributed by atoms with Gasteiger partial charge in [-0.05, 0) is 28.7 Å². The molecule has 25 heavy (non-hydrogen) atoms. The maximum Gasteiger partial charge on any atom is 0.430 e. The Bertz CT molecular complexity index is 781. The Balaban J connectivity index is 2.21. The van der Waals surface area contributed by atoms with Gasteiger partial charge in [0.15, 0.2) is 0 Å². The molecule has 3 N–H and O–H groups in total. The molecule has 6 heteroatoms. The van der Waals surface area contributed by atoms with E-state index in [0.29, 0.717) is 6.08 Å². The zero-order valence-corrected chi connectivity index (χ0v) is 14.3. The van der Waals surface area contributed by atoms with Crippen molar-refractivity contribution in [2.24, 2.45) is 5.73 Å². The van der Waals surface area contributed by atoms with E-state index in [1.54, 1.807) is 6.07 Å². The molecule has 0 aliphatic heterocycles. The maximum absolute atomic E-state index is 12.4. The van der Waals surface area contributed by atoms with Crippen molar-refractivity contribution < 1.29 is 13.2 Å². The second-order valence-electron chi connectivity index (χ2n) is 6.77. The van der Waals surface area contributed by atoms with Gasteiger partial charge in [0.2, 0.25) is 0 Å². The molecule has 0 atom stereocenters. The van der Waals surface area contributed by atoms with Crippen LogP contribution in [0.25, 0.3) is 11.1 Å². The first-order valence-electron chi connectivity index (χ1n) is 7.69. The molecule has 0 aliphatic rings. The SMILES string of the molecule is CC(C)(C)c1ccc(-c2ccc(C(=N)C=C(N)C(F)(F)F)nc2)cc1. The van der Waals surface area contributed by atoms with Crippen LogP contribution in [0.2, 0.25) is 0 Å². The Morgan fingerprint density at radius 2 is 1.56 bits per heavy atom. The molecule has 0 radical (unpaired) electrons. The van der Waals surface area contributed by atoms with Crippen LogP contribution in [-0.2, 0) is 5.41 Å². The number of benzene rings is 1. The van der Waals surface area contributed by atoms with Crippen molar-refractivity contribution in [1.82, 2.24) is 4.98 Å². The van der Waals surface area contributed by atoms with Gasteiger partial charge in [0.05, 0.1) is 11.4 Å². The van der Waals surface area contributed by atoms with Gasteiger partial charge in [0.25, 0.3) is 0 Å². The molecular weight excluding hydrogens is 327 g/mol. The smallest absolute Gasteiger partial charge is 0.395 e. The number of hydrogen-bond donors (Lipinski definition) is 2. The number of aromatic nitrogens is 1. The number of alkyl halides is 3. The molecule has 0 bridgehead atoms. The second-order valence-corrected chi connectivity index (χ2v) is 6.77. The second kappa shape index (κ2) is 6.70. The van der Waals surface area contributed by atoms with E-state index in [-0.39, 0.29) is 16.8 Å². The molecule has 0 unspecified atom stereocenters. The van der Waals surface area contributed by atoms with Crippen molar-refractivity contribution in [3.8, 4) is 11.1 Å². The largest absolute Gasteiger partial charge is 0.430 e. The zero-order valence-electron chi connectivity index (χ0n) is 14.3. The summed E-state index contributed by atoms with van der Waals surface area (Å²) in [7, 11) is 0. The number of allylic oxidation sites excluding steroid dienone is 2. The molecular formula is C19H20F3N3. The molecule has 0 fully saturated rings. The Hall–Kier alpha value is -2.63. The highest BCUT2D eigenvalue weighted by atomic mass is 19.4. The number of nitrogens with zero attached hydrogens (tertiary/aromatic N) is 1. The van der Waals surface area contributed by atoms with E-state index in [9.17, 15) is 13.2 Å². The molecule has 0 amide bonds. The first kappa shape index (κ1) is 18.7. The van der Waals surface area contributed by atoms with Gasteiger partial charge in [0.1, 0.15) is 5.70 Å². The standard InChI is InChI=1S/C19H20F3N3/c1-18(2,3)14-7-4-12(5-8-14)13-6-9-16(25-11-13)15(23)10-17(24)19(20,21)22/h4-11,23H,24H2,1-3H3. The monoisotopic (exact) mass is 347 g/mol. The summed E-state index contributed by atoms with van der Waals surface area (Å²) in [5.74, 6) is 0. The third kappa shape index (κ3) is 4.68. The molecule has 1 aromatic heterocycles. The van der Waals surface area contributed by atoms with Crippen LogP contribution in [0.15, 0.2) is 54.4 Å². The Labute approximate surface area is 144 Å². The lowest BCUT2D eigenvalue weighted by molar-refractivity contribution is -0.0925. The Kier molecular flexibility index (Phi) is 5.02. The summed E-state index contributed by atoms with van der Waals surface area (Å²) in [6.07, 6.45) is -2.55. The highest BCUT2D eigenvalue weighted by Gasteiger charge is 2.31. The fraction of sp³-hybridized carbons (Fsp3) is 0.263. The minimum absolute atomic E-state index is 0.0560. The molecule has 0 aliphatic carbocycles. The zero-order chi connectivity index (χ0) is 18.8. The van der Waals surface area contributed by atoms with E-state index >= 15 is 0 Å². The van der Waals surface area contributed by atoms with Gasteiger partial charge in [-0.25, -0.2) is 0 Å². The van der Waals surface area contributed by atoms with Gasteiger partial charge >= 0.3 is 6.18 Å².